The van der Waals surface area contributed by atoms with Gasteiger partial charge in [-0.15, -0.1) is 0 Å². The molecule has 2 N–H and O–H groups in total. The summed E-state index contributed by atoms with van der Waals surface area (Å²) >= 11 is 0. The highest BCUT2D eigenvalue weighted by Gasteiger charge is 2.23. The van der Waals surface area contributed by atoms with Crippen molar-refractivity contribution < 1.29 is 19.1 Å². The fraction of sp³-hybridized carbons (Fsp3) is 0.385. The summed E-state index contributed by atoms with van der Waals surface area (Å²) in [4.78, 5) is 22.6. The molecule has 0 heterocycles. The van der Waals surface area contributed by atoms with Gasteiger partial charge >= 0.3 is 5.97 Å². The monoisotopic (exact) mass is 251 g/mol. The Hall–Kier alpha value is -1.91. The third-order valence-electron chi connectivity index (χ3n) is 3.15. The van der Waals surface area contributed by atoms with Gasteiger partial charge in [-0.25, -0.2) is 9.18 Å². The van der Waals surface area contributed by atoms with Crippen LogP contribution in [0.5, 0.6) is 0 Å². The first-order valence-electron chi connectivity index (χ1n) is 5.84. The molecule has 1 aliphatic carbocycles. The highest BCUT2D eigenvalue weighted by molar-refractivity contribution is 5.98. The van der Waals surface area contributed by atoms with Gasteiger partial charge in [-0.2, -0.15) is 0 Å². The van der Waals surface area contributed by atoms with Gasteiger partial charge in [-0.3, -0.25) is 4.79 Å². The lowest BCUT2D eigenvalue weighted by Crippen LogP contribution is -2.42. The maximum atomic E-state index is 12.5. The van der Waals surface area contributed by atoms with Crippen LogP contribution in [0.4, 0.5) is 4.39 Å². The van der Waals surface area contributed by atoms with E-state index in [4.69, 9.17) is 5.11 Å². The number of hydrogen-bond acceptors (Lipinski definition) is 2. The molecule has 1 aliphatic rings. The van der Waals surface area contributed by atoms with Crippen molar-refractivity contribution in [2.75, 3.05) is 6.67 Å². The first kappa shape index (κ1) is 12.5. The van der Waals surface area contributed by atoms with E-state index in [0.717, 1.165) is 30.4 Å². The van der Waals surface area contributed by atoms with Crippen LogP contribution in [0.25, 0.3) is 0 Å². The molecule has 1 aromatic carbocycles. The number of halogens is 1. The molecule has 4 nitrogen and oxygen atoms in total. The Morgan fingerprint density at radius 2 is 2.17 bits per heavy atom. The number of amides is 1. The van der Waals surface area contributed by atoms with Crippen molar-refractivity contribution in [1.82, 2.24) is 5.32 Å². The van der Waals surface area contributed by atoms with E-state index in [-0.39, 0.29) is 0 Å². The second-order valence-corrected chi connectivity index (χ2v) is 4.32. The first-order valence-corrected chi connectivity index (χ1v) is 5.84. The lowest BCUT2D eigenvalue weighted by Gasteiger charge is -2.13. The molecule has 5 heteroatoms. The highest BCUT2D eigenvalue weighted by Crippen LogP contribution is 2.25. The first-order chi connectivity index (χ1) is 8.63. The number of hydrogen-bond donors (Lipinski definition) is 2. The number of aryl methyl sites for hydroxylation is 1. The third-order valence-corrected chi connectivity index (χ3v) is 3.15. The number of aliphatic carboxylic acids is 1. The van der Waals surface area contributed by atoms with Gasteiger partial charge in [0.25, 0.3) is 5.91 Å². The van der Waals surface area contributed by atoms with Crippen LogP contribution in [-0.2, 0) is 17.6 Å². The predicted octanol–water partition coefficient (Wildman–Crippen LogP) is 1.33. The summed E-state index contributed by atoms with van der Waals surface area (Å²) in [6, 6.07) is 3.90. The lowest BCUT2D eigenvalue weighted by atomic mass is 10.0. The number of carbonyl (C=O) groups is 2. The molecule has 0 saturated carbocycles. The summed E-state index contributed by atoms with van der Waals surface area (Å²) in [5, 5.41) is 10.9. The second kappa shape index (κ2) is 5.16. The smallest absolute Gasteiger partial charge is 0.328 e. The minimum atomic E-state index is -1.48. The van der Waals surface area contributed by atoms with Gasteiger partial charge in [0.15, 0.2) is 6.04 Å². The number of carboxylic acid groups (broad SMARTS) is 1. The molecular formula is C13H14FNO3. The normalized spacial score (nSPS) is 14.9. The molecule has 0 saturated heterocycles. The van der Waals surface area contributed by atoms with Crippen LogP contribution in [0.1, 0.15) is 27.9 Å². The standard InChI is InChI=1S/C13H14FNO3/c14-7-11(13(17)18)15-12(16)10-6-2-4-8-3-1-5-9(8)10/h2,4,6,11H,1,3,5,7H2,(H,15,16)(H,17,18). The topological polar surface area (TPSA) is 66.4 Å². The molecule has 0 bridgehead atoms. The van der Waals surface area contributed by atoms with Crippen LogP contribution in [0, 0.1) is 0 Å². The number of alkyl halides is 1. The molecule has 0 radical (unpaired) electrons. The molecule has 18 heavy (non-hydrogen) atoms. The van der Waals surface area contributed by atoms with E-state index >= 15 is 0 Å². The number of nitrogens with one attached hydrogen (secondary N) is 1. The summed E-state index contributed by atoms with van der Waals surface area (Å²) < 4.78 is 12.5. The Morgan fingerprint density at radius 3 is 2.83 bits per heavy atom. The van der Waals surface area contributed by atoms with Crippen LogP contribution >= 0.6 is 0 Å². The fourth-order valence-electron chi connectivity index (χ4n) is 2.23. The molecule has 1 atom stereocenters. The van der Waals surface area contributed by atoms with Gasteiger partial charge in [0.1, 0.15) is 6.67 Å². The molecule has 2 rings (SSSR count). The van der Waals surface area contributed by atoms with Crippen molar-refractivity contribution >= 4 is 11.9 Å². The molecular weight excluding hydrogens is 237 g/mol. The Morgan fingerprint density at radius 1 is 1.39 bits per heavy atom. The van der Waals surface area contributed by atoms with E-state index < -0.39 is 24.6 Å². The molecule has 0 fully saturated rings. The summed E-state index contributed by atoms with van der Waals surface area (Å²) in [6.07, 6.45) is 2.74. The van der Waals surface area contributed by atoms with Gasteiger partial charge < -0.3 is 10.4 Å². The quantitative estimate of drug-likeness (QED) is 0.848. The van der Waals surface area contributed by atoms with Crippen molar-refractivity contribution in [3.63, 3.8) is 0 Å². The van der Waals surface area contributed by atoms with Crippen molar-refractivity contribution in [3.05, 3.63) is 34.9 Å². The van der Waals surface area contributed by atoms with Gasteiger partial charge in [0.2, 0.25) is 0 Å². The van der Waals surface area contributed by atoms with E-state index in [1.165, 1.54) is 0 Å². The van der Waals surface area contributed by atoms with Crippen LogP contribution < -0.4 is 5.32 Å². The molecule has 1 unspecified atom stereocenters. The van der Waals surface area contributed by atoms with E-state index in [0.29, 0.717) is 5.56 Å². The molecule has 96 valence electrons. The minimum absolute atomic E-state index is 0.463. The molecule has 0 spiro atoms. The zero-order valence-electron chi connectivity index (χ0n) is 9.78. The minimum Gasteiger partial charge on any atom is -0.480 e. The lowest BCUT2D eigenvalue weighted by molar-refractivity contribution is -0.139. The van der Waals surface area contributed by atoms with Crippen molar-refractivity contribution in [3.8, 4) is 0 Å². The zero-order valence-corrected chi connectivity index (χ0v) is 9.78. The summed E-state index contributed by atoms with van der Waals surface area (Å²) in [7, 11) is 0. The molecule has 0 aromatic heterocycles. The Labute approximate surface area is 104 Å². The average molecular weight is 251 g/mol. The van der Waals surface area contributed by atoms with Gasteiger partial charge in [-0.05, 0) is 36.5 Å². The van der Waals surface area contributed by atoms with Crippen molar-refractivity contribution in [2.24, 2.45) is 0 Å². The summed E-state index contributed by atoms with van der Waals surface area (Å²) in [6.45, 7) is -1.11. The Kier molecular flexibility index (Phi) is 3.60. The number of rotatable bonds is 4. The van der Waals surface area contributed by atoms with E-state index in [1.54, 1.807) is 12.1 Å². The maximum absolute atomic E-state index is 12.5. The fourth-order valence-corrected chi connectivity index (χ4v) is 2.23. The van der Waals surface area contributed by atoms with Crippen LogP contribution in [-0.4, -0.2) is 29.7 Å². The maximum Gasteiger partial charge on any atom is 0.328 e. The zero-order chi connectivity index (χ0) is 13.1. The summed E-state index contributed by atoms with van der Waals surface area (Å²) in [5.41, 5.74) is 2.54. The number of fused-ring (bicyclic) bond motifs is 1. The van der Waals surface area contributed by atoms with Gasteiger partial charge in [-0.1, -0.05) is 12.1 Å². The predicted molar refractivity (Wildman–Crippen MR) is 63.3 cm³/mol. The largest absolute Gasteiger partial charge is 0.480 e. The van der Waals surface area contributed by atoms with Crippen LogP contribution in [0.2, 0.25) is 0 Å². The molecule has 1 aromatic rings. The SMILES string of the molecule is O=C(NC(CF)C(=O)O)c1cccc2c1CCC2. The second-order valence-electron chi connectivity index (χ2n) is 4.32. The van der Waals surface area contributed by atoms with Gasteiger partial charge in [0.05, 0.1) is 0 Å². The van der Waals surface area contributed by atoms with E-state index in [1.807, 2.05) is 6.07 Å². The number of benzene rings is 1. The molecule has 0 aliphatic heterocycles. The number of carbonyl (C=O) groups excluding carboxylic acids is 1. The van der Waals surface area contributed by atoms with E-state index in [9.17, 15) is 14.0 Å². The Balaban J connectivity index is 2.19. The van der Waals surface area contributed by atoms with Crippen molar-refractivity contribution in [1.29, 1.82) is 0 Å². The highest BCUT2D eigenvalue weighted by atomic mass is 19.1. The van der Waals surface area contributed by atoms with Crippen molar-refractivity contribution in [2.45, 2.75) is 25.3 Å². The Bertz CT molecular complexity index is 487. The van der Waals surface area contributed by atoms with Gasteiger partial charge in [0, 0.05) is 5.56 Å². The third kappa shape index (κ3) is 2.34. The molecule has 1 amide bonds. The summed E-state index contributed by atoms with van der Waals surface area (Å²) in [5.74, 6) is -1.88. The average Bonchev–Trinajstić information content (AvgIpc) is 2.82. The van der Waals surface area contributed by atoms with E-state index in [2.05, 4.69) is 5.32 Å². The van der Waals surface area contributed by atoms with Crippen LogP contribution in [0.15, 0.2) is 18.2 Å². The van der Waals surface area contributed by atoms with Crippen LogP contribution in [0.3, 0.4) is 0 Å². The number of carboxylic acids is 1.